The Morgan fingerprint density at radius 2 is 2.13 bits per heavy atom. The summed E-state index contributed by atoms with van der Waals surface area (Å²) in [7, 11) is 0. The third-order valence-electron chi connectivity index (χ3n) is 7.01. The summed E-state index contributed by atoms with van der Waals surface area (Å²) in [6, 6.07) is 0.0248. The van der Waals surface area contributed by atoms with Crippen molar-refractivity contribution in [2.75, 3.05) is 19.6 Å². The molecular weight excluding hydrogens is 382 g/mol. The predicted octanol–water partition coefficient (Wildman–Crippen LogP) is 1.34. The molecule has 3 amide bonds. The number of amides is 3. The van der Waals surface area contributed by atoms with Gasteiger partial charge in [-0.1, -0.05) is 13.8 Å². The molecule has 0 saturated carbocycles. The Morgan fingerprint density at radius 1 is 1.33 bits per heavy atom. The number of aromatic nitrogens is 2. The van der Waals surface area contributed by atoms with E-state index in [1.807, 2.05) is 18.0 Å². The number of carbonyl (C=O) groups is 3. The van der Waals surface area contributed by atoms with Crippen molar-refractivity contribution >= 4 is 17.7 Å². The lowest BCUT2D eigenvalue weighted by Crippen LogP contribution is -2.57. The number of carbonyl (C=O) groups excluding carboxylic acids is 3. The van der Waals surface area contributed by atoms with E-state index >= 15 is 0 Å². The van der Waals surface area contributed by atoms with E-state index < -0.39 is 5.41 Å². The minimum atomic E-state index is -0.569. The van der Waals surface area contributed by atoms with Gasteiger partial charge in [-0.2, -0.15) is 5.10 Å². The monoisotopic (exact) mass is 415 g/mol. The smallest absolute Gasteiger partial charge is 0.244 e. The third kappa shape index (κ3) is 3.72. The van der Waals surface area contributed by atoms with E-state index in [2.05, 4.69) is 24.3 Å². The van der Waals surface area contributed by atoms with E-state index in [1.165, 1.54) is 0 Å². The van der Waals surface area contributed by atoms with Gasteiger partial charge in [0.05, 0.1) is 18.2 Å². The molecule has 3 aliphatic heterocycles. The fourth-order valence-electron chi connectivity index (χ4n) is 5.61. The molecule has 3 saturated heterocycles. The molecule has 0 radical (unpaired) electrons. The fourth-order valence-corrected chi connectivity index (χ4v) is 5.61. The van der Waals surface area contributed by atoms with Gasteiger partial charge in [-0.25, -0.2) is 0 Å². The zero-order valence-electron chi connectivity index (χ0n) is 18.3. The molecule has 0 aromatic carbocycles. The zero-order valence-corrected chi connectivity index (χ0v) is 18.3. The molecule has 8 nitrogen and oxygen atoms in total. The topological polar surface area (TPSA) is 87.5 Å². The molecule has 1 N–H and O–H groups in total. The summed E-state index contributed by atoms with van der Waals surface area (Å²) in [5, 5.41) is 7.06. The number of fused-ring (bicyclic) bond motifs is 2. The van der Waals surface area contributed by atoms with E-state index in [0.717, 1.165) is 31.2 Å². The number of nitrogens with zero attached hydrogens (tertiary/aromatic N) is 4. The lowest BCUT2D eigenvalue weighted by atomic mass is 9.69. The molecule has 0 aliphatic carbocycles. The maximum Gasteiger partial charge on any atom is 0.244 e. The van der Waals surface area contributed by atoms with Crippen LogP contribution in [0.25, 0.3) is 0 Å². The van der Waals surface area contributed by atoms with Gasteiger partial charge in [0.1, 0.15) is 6.54 Å². The summed E-state index contributed by atoms with van der Waals surface area (Å²) in [4.78, 5) is 42.7. The minimum absolute atomic E-state index is 0.0428. The standard InChI is InChI=1S/C22H33N5O3/c1-15(2)6-7-22(21(30)25-9-8-23-19(28)13-25)10-17-4-5-18(22)27(17)20(29)14-26-12-16(3)11-24-26/h11-12,15,17-18H,4-10,13-14H2,1-3H3,(H,23,28)/t17-,18+,22+/m1/s1. The van der Waals surface area contributed by atoms with Crippen molar-refractivity contribution in [1.82, 2.24) is 24.9 Å². The summed E-state index contributed by atoms with van der Waals surface area (Å²) in [6.45, 7) is 7.68. The summed E-state index contributed by atoms with van der Waals surface area (Å²) >= 11 is 0. The fraction of sp³-hybridized carbons (Fsp3) is 0.727. The Hall–Kier alpha value is -2.38. The maximum atomic E-state index is 13.8. The van der Waals surface area contributed by atoms with Crippen LogP contribution < -0.4 is 5.32 Å². The quantitative estimate of drug-likeness (QED) is 0.759. The Balaban J connectivity index is 1.58. The van der Waals surface area contributed by atoms with Crippen LogP contribution in [0.5, 0.6) is 0 Å². The largest absolute Gasteiger partial charge is 0.353 e. The second-order valence-corrected chi connectivity index (χ2v) is 9.63. The zero-order chi connectivity index (χ0) is 21.5. The third-order valence-corrected chi connectivity index (χ3v) is 7.01. The number of nitrogens with one attached hydrogen (secondary N) is 1. The van der Waals surface area contributed by atoms with Crippen LogP contribution in [0.3, 0.4) is 0 Å². The van der Waals surface area contributed by atoms with Gasteiger partial charge in [-0.3, -0.25) is 19.1 Å². The maximum absolute atomic E-state index is 13.8. The van der Waals surface area contributed by atoms with Crippen molar-refractivity contribution in [1.29, 1.82) is 0 Å². The first kappa shape index (κ1) is 20.9. The molecule has 3 fully saturated rings. The van der Waals surface area contributed by atoms with Gasteiger partial charge in [0, 0.05) is 31.4 Å². The Morgan fingerprint density at radius 3 is 2.80 bits per heavy atom. The van der Waals surface area contributed by atoms with Gasteiger partial charge >= 0.3 is 0 Å². The van der Waals surface area contributed by atoms with Crippen LogP contribution in [0.1, 0.15) is 51.5 Å². The van der Waals surface area contributed by atoms with Gasteiger partial charge < -0.3 is 15.1 Å². The van der Waals surface area contributed by atoms with Gasteiger partial charge in [-0.15, -0.1) is 0 Å². The van der Waals surface area contributed by atoms with E-state index in [4.69, 9.17) is 0 Å². The second kappa shape index (κ2) is 8.04. The highest BCUT2D eigenvalue weighted by Gasteiger charge is 2.61. The van der Waals surface area contributed by atoms with Crippen molar-refractivity contribution in [2.45, 2.75) is 71.5 Å². The number of hydrogen-bond acceptors (Lipinski definition) is 4. The first-order chi connectivity index (χ1) is 14.3. The van der Waals surface area contributed by atoms with E-state index in [9.17, 15) is 14.4 Å². The van der Waals surface area contributed by atoms with Crippen molar-refractivity contribution in [3.63, 3.8) is 0 Å². The molecule has 2 bridgehead atoms. The average Bonchev–Trinajstić information content (AvgIpc) is 3.39. The Kier molecular flexibility index (Phi) is 5.59. The molecule has 4 rings (SSSR count). The van der Waals surface area contributed by atoms with Gasteiger partial charge in [0.25, 0.3) is 0 Å². The molecule has 1 aromatic rings. The number of aryl methyl sites for hydroxylation is 1. The van der Waals surface area contributed by atoms with Crippen molar-refractivity contribution in [3.8, 4) is 0 Å². The van der Waals surface area contributed by atoms with Crippen LogP contribution in [-0.4, -0.2) is 69.0 Å². The second-order valence-electron chi connectivity index (χ2n) is 9.63. The molecular formula is C22H33N5O3. The summed E-state index contributed by atoms with van der Waals surface area (Å²) in [6.07, 6.45) is 7.86. The first-order valence-electron chi connectivity index (χ1n) is 11.2. The minimum Gasteiger partial charge on any atom is -0.353 e. The predicted molar refractivity (Wildman–Crippen MR) is 111 cm³/mol. The van der Waals surface area contributed by atoms with Gasteiger partial charge in [0.2, 0.25) is 17.7 Å². The Bertz CT molecular complexity index is 834. The molecule has 3 aliphatic rings. The SMILES string of the molecule is Cc1cnn(CC(=O)N2[C@@H]3CC[C@H]2[C@@](CCC(C)C)(C(=O)N2CCNC(=O)C2)C3)c1. The molecule has 1 aromatic heterocycles. The van der Waals surface area contributed by atoms with Crippen LogP contribution >= 0.6 is 0 Å². The highest BCUT2D eigenvalue weighted by molar-refractivity contribution is 5.91. The van der Waals surface area contributed by atoms with E-state index in [1.54, 1.807) is 15.8 Å². The van der Waals surface area contributed by atoms with Crippen molar-refractivity contribution in [2.24, 2.45) is 11.3 Å². The number of rotatable bonds is 6. The first-order valence-corrected chi connectivity index (χ1v) is 11.2. The lowest BCUT2D eigenvalue weighted by Gasteiger charge is -2.41. The molecule has 164 valence electrons. The highest BCUT2D eigenvalue weighted by atomic mass is 16.2. The van der Waals surface area contributed by atoms with Crippen LogP contribution in [-0.2, 0) is 20.9 Å². The molecule has 8 heteroatoms. The normalized spacial score (nSPS) is 28.3. The molecule has 4 heterocycles. The molecule has 0 unspecified atom stereocenters. The lowest BCUT2D eigenvalue weighted by molar-refractivity contribution is -0.150. The average molecular weight is 416 g/mol. The summed E-state index contributed by atoms with van der Waals surface area (Å²) in [5.74, 6) is 0.493. The van der Waals surface area contributed by atoms with Crippen molar-refractivity contribution in [3.05, 3.63) is 18.0 Å². The number of piperazine rings is 1. The Labute approximate surface area is 178 Å². The van der Waals surface area contributed by atoms with Crippen LogP contribution in [0, 0.1) is 18.3 Å². The van der Waals surface area contributed by atoms with Crippen LogP contribution in [0.4, 0.5) is 0 Å². The number of hydrogen-bond donors (Lipinski definition) is 1. The van der Waals surface area contributed by atoms with E-state index in [0.29, 0.717) is 25.4 Å². The van der Waals surface area contributed by atoms with Crippen LogP contribution in [0.2, 0.25) is 0 Å². The van der Waals surface area contributed by atoms with E-state index in [-0.39, 0.29) is 42.9 Å². The van der Waals surface area contributed by atoms with Gasteiger partial charge in [0.15, 0.2) is 0 Å². The molecule has 3 atom stereocenters. The van der Waals surface area contributed by atoms with Gasteiger partial charge in [-0.05, 0) is 50.5 Å². The van der Waals surface area contributed by atoms with Crippen LogP contribution in [0.15, 0.2) is 12.4 Å². The molecule has 0 spiro atoms. The summed E-state index contributed by atoms with van der Waals surface area (Å²) in [5.41, 5.74) is 0.456. The summed E-state index contributed by atoms with van der Waals surface area (Å²) < 4.78 is 1.68. The molecule has 30 heavy (non-hydrogen) atoms. The van der Waals surface area contributed by atoms with Crippen molar-refractivity contribution < 1.29 is 14.4 Å². The highest BCUT2D eigenvalue weighted by Crippen LogP contribution is 2.53.